The summed E-state index contributed by atoms with van der Waals surface area (Å²) in [6.07, 6.45) is 4.83. The minimum absolute atomic E-state index is 0.0231. The first-order chi connectivity index (χ1) is 12.1. The Labute approximate surface area is 151 Å². The van der Waals surface area contributed by atoms with Gasteiger partial charge in [0.2, 0.25) is 15.9 Å². The van der Waals surface area contributed by atoms with Crippen LogP contribution in [-0.2, 0) is 21.2 Å². The Balaban J connectivity index is 1.49. The number of pyridine rings is 1. The molecule has 0 radical (unpaired) electrons. The van der Waals surface area contributed by atoms with Crippen molar-refractivity contribution < 1.29 is 13.2 Å². The molecule has 0 spiro atoms. The van der Waals surface area contributed by atoms with E-state index in [0.29, 0.717) is 32.5 Å². The number of carbonyl (C=O) groups excluding carboxylic acids is 1. The second kappa shape index (κ2) is 8.07. The van der Waals surface area contributed by atoms with Crippen LogP contribution < -0.4 is 5.32 Å². The van der Waals surface area contributed by atoms with Crippen molar-refractivity contribution in [2.75, 3.05) is 19.6 Å². The van der Waals surface area contributed by atoms with Crippen LogP contribution in [0.1, 0.15) is 17.7 Å². The molecule has 1 N–H and O–H groups in total. The van der Waals surface area contributed by atoms with Gasteiger partial charge in [0.05, 0.1) is 0 Å². The van der Waals surface area contributed by atoms with Crippen LogP contribution in [0, 0.1) is 5.92 Å². The summed E-state index contributed by atoms with van der Waals surface area (Å²) in [5, 5.41) is 4.99. The van der Waals surface area contributed by atoms with Crippen molar-refractivity contribution in [2.45, 2.75) is 24.2 Å². The third-order valence-corrected chi connectivity index (χ3v) is 7.17. The Morgan fingerprint density at radius 2 is 2.08 bits per heavy atom. The summed E-state index contributed by atoms with van der Waals surface area (Å²) in [5.74, 6) is -0.0985. The minimum atomic E-state index is -3.52. The number of aromatic nitrogens is 1. The number of nitrogens with zero attached hydrogens (tertiary/aromatic N) is 2. The summed E-state index contributed by atoms with van der Waals surface area (Å²) in [6.45, 7) is 1.34. The molecule has 1 saturated heterocycles. The fraction of sp³-hybridized carbons (Fsp3) is 0.412. The molecule has 3 heterocycles. The number of hydrogen-bond donors (Lipinski definition) is 1. The fourth-order valence-electron chi connectivity index (χ4n) is 2.92. The molecule has 1 fully saturated rings. The van der Waals surface area contributed by atoms with Crippen molar-refractivity contribution in [3.05, 3.63) is 46.9 Å². The highest BCUT2D eigenvalue weighted by atomic mass is 32.2. The molecule has 0 unspecified atom stereocenters. The molecule has 1 aliphatic rings. The normalized spacial score (nSPS) is 16.6. The topological polar surface area (TPSA) is 79.4 Å². The van der Waals surface area contributed by atoms with Gasteiger partial charge < -0.3 is 5.32 Å². The van der Waals surface area contributed by atoms with E-state index in [1.165, 1.54) is 15.4 Å². The monoisotopic (exact) mass is 379 g/mol. The van der Waals surface area contributed by atoms with E-state index in [1.807, 2.05) is 11.4 Å². The summed E-state index contributed by atoms with van der Waals surface area (Å²) in [6, 6.07) is 7.21. The standard InChI is InChI=1S/C17H21N3O3S2/c21-17(19-9-5-15-3-2-12-24-15)14-6-10-20(11-7-14)25(22,23)16-4-1-8-18-13-16/h1-4,8,12-14H,5-7,9-11H2,(H,19,21). The smallest absolute Gasteiger partial charge is 0.244 e. The van der Waals surface area contributed by atoms with Crippen LogP contribution in [0.3, 0.4) is 0 Å². The average molecular weight is 380 g/mol. The van der Waals surface area contributed by atoms with E-state index in [0.717, 1.165) is 6.42 Å². The van der Waals surface area contributed by atoms with Crippen molar-refractivity contribution in [1.29, 1.82) is 0 Å². The molecule has 2 aromatic rings. The Morgan fingerprint density at radius 3 is 2.72 bits per heavy atom. The Hall–Kier alpha value is -1.77. The molecule has 8 heteroatoms. The quantitative estimate of drug-likeness (QED) is 0.831. The maximum absolute atomic E-state index is 12.6. The van der Waals surface area contributed by atoms with Gasteiger partial charge in [-0.2, -0.15) is 4.31 Å². The van der Waals surface area contributed by atoms with Gasteiger partial charge in [-0.05, 0) is 42.8 Å². The Kier molecular flexibility index (Phi) is 5.82. The molecule has 0 aromatic carbocycles. The maximum atomic E-state index is 12.6. The van der Waals surface area contributed by atoms with Gasteiger partial charge in [-0.1, -0.05) is 6.07 Å². The average Bonchev–Trinajstić information content (AvgIpc) is 3.16. The molecular weight excluding hydrogens is 358 g/mol. The first-order valence-electron chi connectivity index (χ1n) is 8.27. The SMILES string of the molecule is O=C(NCCc1cccs1)C1CCN(S(=O)(=O)c2cccnc2)CC1. The highest BCUT2D eigenvalue weighted by Gasteiger charge is 2.32. The van der Waals surface area contributed by atoms with Crippen molar-refractivity contribution in [3.63, 3.8) is 0 Å². The number of thiophene rings is 1. The lowest BCUT2D eigenvalue weighted by molar-refractivity contribution is -0.126. The van der Waals surface area contributed by atoms with Gasteiger partial charge in [0.15, 0.2) is 0 Å². The fourth-order valence-corrected chi connectivity index (χ4v) is 5.06. The largest absolute Gasteiger partial charge is 0.355 e. The summed E-state index contributed by atoms with van der Waals surface area (Å²) in [4.78, 5) is 17.6. The van der Waals surface area contributed by atoms with Crippen LogP contribution in [0.2, 0.25) is 0 Å². The predicted octanol–water partition coefficient (Wildman–Crippen LogP) is 1.90. The summed E-state index contributed by atoms with van der Waals surface area (Å²) in [5.41, 5.74) is 0. The highest BCUT2D eigenvalue weighted by molar-refractivity contribution is 7.89. The third kappa shape index (κ3) is 4.45. The number of hydrogen-bond acceptors (Lipinski definition) is 5. The minimum Gasteiger partial charge on any atom is -0.355 e. The lowest BCUT2D eigenvalue weighted by Gasteiger charge is -2.30. The molecule has 25 heavy (non-hydrogen) atoms. The summed E-state index contributed by atoms with van der Waals surface area (Å²) < 4.78 is 26.6. The van der Waals surface area contributed by atoms with E-state index < -0.39 is 10.0 Å². The van der Waals surface area contributed by atoms with Crippen molar-refractivity contribution in [3.8, 4) is 0 Å². The van der Waals surface area contributed by atoms with Gasteiger partial charge in [0.1, 0.15) is 4.90 Å². The van der Waals surface area contributed by atoms with Crippen LogP contribution in [-0.4, -0.2) is 43.2 Å². The molecule has 0 bridgehead atoms. The zero-order valence-corrected chi connectivity index (χ0v) is 15.4. The summed E-state index contributed by atoms with van der Waals surface area (Å²) >= 11 is 1.68. The molecule has 0 aliphatic carbocycles. The molecule has 2 aromatic heterocycles. The lowest BCUT2D eigenvalue weighted by atomic mass is 9.97. The molecule has 1 aliphatic heterocycles. The van der Waals surface area contributed by atoms with E-state index in [-0.39, 0.29) is 16.7 Å². The maximum Gasteiger partial charge on any atom is 0.244 e. The van der Waals surface area contributed by atoms with E-state index in [4.69, 9.17) is 0 Å². The van der Waals surface area contributed by atoms with Crippen molar-refractivity contribution in [1.82, 2.24) is 14.6 Å². The molecule has 134 valence electrons. The molecule has 1 amide bonds. The predicted molar refractivity (Wildman–Crippen MR) is 96.8 cm³/mol. The second-order valence-electron chi connectivity index (χ2n) is 5.99. The number of amides is 1. The molecule has 3 rings (SSSR count). The van der Waals surface area contributed by atoms with Crippen LogP contribution in [0.5, 0.6) is 0 Å². The van der Waals surface area contributed by atoms with E-state index >= 15 is 0 Å². The van der Waals surface area contributed by atoms with E-state index in [9.17, 15) is 13.2 Å². The van der Waals surface area contributed by atoms with Gasteiger partial charge in [-0.3, -0.25) is 9.78 Å². The van der Waals surface area contributed by atoms with Gasteiger partial charge in [0.25, 0.3) is 0 Å². The van der Waals surface area contributed by atoms with Crippen molar-refractivity contribution >= 4 is 27.3 Å². The molecular formula is C17H21N3O3S2. The third-order valence-electron chi connectivity index (χ3n) is 4.35. The molecule has 0 saturated carbocycles. The van der Waals surface area contributed by atoms with E-state index in [1.54, 1.807) is 29.7 Å². The van der Waals surface area contributed by atoms with E-state index in [2.05, 4.69) is 16.4 Å². The first kappa shape index (κ1) is 18.0. The van der Waals surface area contributed by atoms with Crippen LogP contribution in [0.25, 0.3) is 0 Å². The number of nitrogens with one attached hydrogen (secondary N) is 1. The van der Waals surface area contributed by atoms with Crippen LogP contribution in [0.15, 0.2) is 46.9 Å². The number of sulfonamides is 1. The lowest BCUT2D eigenvalue weighted by Crippen LogP contribution is -2.43. The van der Waals surface area contributed by atoms with Gasteiger partial charge in [0, 0.05) is 42.8 Å². The summed E-state index contributed by atoms with van der Waals surface area (Å²) in [7, 11) is -3.52. The Morgan fingerprint density at radius 1 is 1.28 bits per heavy atom. The van der Waals surface area contributed by atoms with Gasteiger partial charge in [-0.25, -0.2) is 8.42 Å². The molecule has 0 atom stereocenters. The molecule has 6 nitrogen and oxygen atoms in total. The van der Waals surface area contributed by atoms with Crippen molar-refractivity contribution in [2.24, 2.45) is 5.92 Å². The Bertz CT molecular complexity index is 784. The number of carbonyl (C=O) groups is 1. The van der Waals surface area contributed by atoms with Gasteiger partial charge in [-0.15, -0.1) is 11.3 Å². The second-order valence-corrected chi connectivity index (χ2v) is 8.96. The zero-order chi connectivity index (χ0) is 17.7. The highest BCUT2D eigenvalue weighted by Crippen LogP contribution is 2.23. The van der Waals surface area contributed by atoms with Gasteiger partial charge >= 0.3 is 0 Å². The number of piperidine rings is 1. The number of rotatable bonds is 6. The first-order valence-corrected chi connectivity index (χ1v) is 10.6. The van der Waals surface area contributed by atoms with Crippen LogP contribution in [0.4, 0.5) is 0 Å². The van der Waals surface area contributed by atoms with Crippen LogP contribution >= 0.6 is 11.3 Å². The zero-order valence-electron chi connectivity index (χ0n) is 13.8.